The van der Waals surface area contributed by atoms with Gasteiger partial charge in [0.2, 0.25) is 5.69 Å². The molecule has 0 aliphatic carbocycles. The molecule has 0 radical (unpaired) electrons. The van der Waals surface area contributed by atoms with Gasteiger partial charge in [0.05, 0.1) is 45.6 Å². The lowest BCUT2D eigenvalue weighted by Crippen LogP contribution is -2.00. The molecule has 0 amide bonds. The molecule has 5 nitrogen and oxygen atoms in total. The number of hydrogen-bond donors (Lipinski definition) is 0. The predicted molar refractivity (Wildman–Crippen MR) is 220 cm³/mol. The molecule has 0 aliphatic heterocycles. The first-order valence-corrected chi connectivity index (χ1v) is 17.8. The van der Waals surface area contributed by atoms with E-state index in [4.69, 9.17) is 11.6 Å². The lowest BCUT2D eigenvalue weighted by molar-refractivity contribution is 1.17. The molecule has 3 aromatic heterocycles. The maximum absolute atomic E-state index is 10.7. The van der Waals surface area contributed by atoms with Gasteiger partial charge in [-0.1, -0.05) is 140 Å². The van der Waals surface area contributed by atoms with E-state index >= 15 is 0 Å². The zero-order valence-electron chi connectivity index (χ0n) is 29.0. The molecule has 0 saturated carbocycles. The first-order valence-electron chi connectivity index (χ1n) is 17.8. The molecule has 10 rings (SSSR count). The summed E-state index contributed by atoms with van der Waals surface area (Å²) in [4.78, 5) is 9.48. The standard InChI is InChI=1S/C49H29N5/c1-51-47-43(32-17-6-2-7-18-32)40(31-50)45(33-19-8-3-9-20-33)52-46(47)39-27-16-26-36-37-29-30-42-44(49(37)54(48(36)39)35-23-12-5-13-24-35)38-25-14-15-28-41(38)53(42)34-21-10-4-11-22-34/h2-30H. The second-order valence-electron chi connectivity index (χ2n) is 13.3. The van der Waals surface area contributed by atoms with Crippen LogP contribution in [0, 0.1) is 17.9 Å². The Bertz CT molecular complexity index is 3150. The fourth-order valence-corrected chi connectivity index (χ4v) is 8.16. The lowest BCUT2D eigenvalue weighted by Gasteiger charge is -2.18. The first-order chi connectivity index (χ1) is 26.8. The van der Waals surface area contributed by atoms with Crippen LogP contribution in [0.25, 0.3) is 93.5 Å². The number of aromatic nitrogens is 3. The topological polar surface area (TPSA) is 50.9 Å². The van der Waals surface area contributed by atoms with Gasteiger partial charge in [0, 0.05) is 49.6 Å². The summed E-state index contributed by atoms with van der Waals surface area (Å²) >= 11 is 0. The monoisotopic (exact) mass is 687 g/mol. The molecule has 0 aliphatic rings. The minimum absolute atomic E-state index is 0.348. The number of hydrogen-bond acceptors (Lipinski definition) is 2. The molecule has 5 heteroatoms. The van der Waals surface area contributed by atoms with Gasteiger partial charge < -0.3 is 9.13 Å². The smallest absolute Gasteiger partial charge is 0.222 e. The van der Waals surface area contributed by atoms with Crippen LogP contribution in [-0.2, 0) is 0 Å². The van der Waals surface area contributed by atoms with Crippen LogP contribution in [0.3, 0.4) is 0 Å². The zero-order chi connectivity index (χ0) is 36.2. The number of rotatable bonds is 5. The van der Waals surface area contributed by atoms with Crippen molar-refractivity contribution in [2.75, 3.05) is 0 Å². The van der Waals surface area contributed by atoms with E-state index in [0.717, 1.165) is 71.7 Å². The summed E-state index contributed by atoms with van der Waals surface area (Å²) in [7, 11) is 0. The van der Waals surface area contributed by atoms with Gasteiger partial charge in [-0.15, -0.1) is 0 Å². The maximum atomic E-state index is 10.7. The predicted octanol–water partition coefficient (Wildman–Crippen LogP) is 12.7. The molecule has 0 bridgehead atoms. The van der Waals surface area contributed by atoms with Gasteiger partial charge in [-0.05, 0) is 42.0 Å². The van der Waals surface area contributed by atoms with E-state index < -0.39 is 0 Å². The highest BCUT2D eigenvalue weighted by atomic mass is 15.0. The van der Waals surface area contributed by atoms with Crippen LogP contribution in [0.4, 0.5) is 5.69 Å². The van der Waals surface area contributed by atoms with Crippen molar-refractivity contribution >= 4 is 49.3 Å². The third-order valence-corrected chi connectivity index (χ3v) is 10.4. The van der Waals surface area contributed by atoms with Gasteiger partial charge in [-0.2, -0.15) is 5.26 Å². The van der Waals surface area contributed by atoms with Gasteiger partial charge in [-0.25, -0.2) is 4.85 Å². The number of nitrogens with zero attached hydrogens (tertiary/aromatic N) is 5. The van der Waals surface area contributed by atoms with E-state index in [-0.39, 0.29) is 0 Å². The van der Waals surface area contributed by atoms with E-state index in [0.29, 0.717) is 28.2 Å². The van der Waals surface area contributed by atoms with E-state index in [9.17, 15) is 5.26 Å². The van der Waals surface area contributed by atoms with Crippen molar-refractivity contribution in [3.05, 3.63) is 193 Å². The minimum Gasteiger partial charge on any atom is -0.309 e. The second kappa shape index (κ2) is 12.5. The molecule has 3 heterocycles. The van der Waals surface area contributed by atoms with Crippen LogP contribution in [-0.4, -0.2) is 14.1 Å². The molecule has 0 atom stereocenters. The van der Waals surface area contributed by atoms with Crippen LogP contribution in [0.15, 0.2) is 176 Å². The Morgan fingerprint density at radius 1 is 0.500 bits per heavy atom. The van der Waals surface area contributed by atoms with Crippen molar-refractivity contribution in [1.82, 2.24) is 14.1 Å². The summed E-state index contributed by atoms with van der Waals surface area (Å²) in [5, 5.41) is 15.2. The lowest BCUT2D eigenvalue weighted by atomic mass is 9.92. The number of pyridine rings is 1. The van der Waals surface area contributed by atoms with Crippen LogP contribution < -0.4 is 0 Å². The van der Waals surface area contributed by atoms with Gasteiger partial charge in [0.1, 0.15) is 6.07 Å². The fraction of sp³-hybridized carbons (Fsp3) is 0. The number of benzene rings is 7. The summed E-state index contributed by atoms with van der Waals surface area (Å²) in [6, 6.07) is 62.3. The third kappa shape index (κ3) is 4.60. The van der Waals surface area contributed by atoms with Crippen LogP contribution in [0.2, 0.25) is 0 Å². The van der Waals surface area contributed by atoms with Crippen LogP contribution in [0.5, 0.6) is 0 Å². The van der Waals surface area contributed by atoms with Crippen LogP contribution >= 0.6 is 0 Å². The molecule has 7 aromatic carbocycles. The average Bonchev–Trinajstić information content (AvgIpc) is 3.77. The Balaban J connectivity index is 1.41. The number of para-hydroxylation sites is 4. The van der Waals surface area contributed by atoms with Crippen molar-refractivity contribution in [3.8, 4) is 51.1 Å². The number of nitriles is 1. The summed E-state index contributed by atoms with van der Waals surface area (Å²) < 4.78 is 4.69. The molecule has 0 saturated heterocycles. The average molecular weight is 688 g/mol. The second-order valence-corrected chi connectivity index (χ2v) is 13.3. The van der Waals surface area contributed by atoms with E-state index in [2.05, 4.69) is 123 Å². The highest BCUT2D eigenvalue weighted by molar-refractivity contribution is 6.27. The molecule has 0 fully saturated rings. The minimum atomic E-state index is 0.348. The van der Waals surface area contributed by atoms with Crippen molar-refractivity contribution in [2.24, 2.45) is 0 Å². The Labute approximate surface area is 311 Å². The first kappa shape index (κ1) is 31.0. The molecular formula is C49H29N5. The number of fused-ring (bicyclic) bond motifs is 7. The third-order valence-electron chi connectivity index (χ3n) is 10.4. The molecule has 0 N–H and O–H groups in total. The summed E-state index contributed by atoms with van der Waals surface area (Å²) in [5.41, 5.74) is 11.2. The quantitative estimate of drug-likeness (QED) is 0.169. The Morgan fingerprint density at radius 3 is 1.74 bits per heavy atom. The van der Waals surface area contributed by atoms with Crippen molar-refractivity contribution < 1.29 is 0 Å². The van der Waals surface area contributed by atoms with E-state index in [1.54, 1.807) is 0 Å². The maximum Gasteiger partial charge on any atom is 0.222 e. The fourth-order valence-electron chi connectivity index (χ4n) is 8.16. The van der Waals surface area contributed by atoms with Crippen LogP contribution in [0.1, 0.15) is 5.56 Å². The molecule has 0 spiro atoms. The SMILES string of the molecule is [C-]#[N+]c1c(-c2cccc3c4ccc5c(c6ccccc6n5-c5ccccc5)c4n(-c4ccccc4)c23)nc(-c2ccccc2)c(C#N)c1-c1ccccc1. The van der Waals surface area contributed by atoms with Gasteiger partial charge >= 0.3 is 0 Å². The Hall–Kier alpha value is -7.73. The van der Waals surface area contributed by atoms with Crippen molar-refractivity contribution in [2.45, 2.75) is 0 Å². The Morgan fingerprint density at radius 2 is 1.07 bits per heavy atom. The van der Waals surface area contributed by atoms with E-state index in [1.165, 1.54) is 0 Å². The van der Waals surface area contributed by atoms with E-state index in [1.807, 2.05) is 72.8 Å². The van der Waals surface area contributed by atoms with Gasteiger partial charge in [0.15, 0.2) is 0 Å². The zero-order valence-corrected chi connectivity index (χ0v) is 29.0. The largest absolute Gasteiger partial charge is 0.309 e. The van der Waals surface area contributed by atoms with Crippen molar-refractivity contribution in [1.29, 1.82) is 5.26 Å². The highest BCUT2D eigenvalue weighted by Gasteiger charge is 2.27. The van der Waals surface area contributed by atoms with Gasteiger partial charge in [0.25, 0.3) is 0 Å². The normalized spacial score (nSPS) is 11.3. The Kier molecular flexibility index (Phi) is 7.18. The molecule has 54 heavy (non-hydrogen) atoms. The molecule has 0 unspecified atom stereocenters. The molecular weight excluding hydrogens is 659 g/mol. The molecule has 10 aromatic rings. The summed E-state index contributed by atoms with van der Waals surface area (Å²) in [6.07, 6.45) is 0. The highest BCUT2D eigenvalue weighted by Crippen LogP contribution is 2.48. The summed E-state index contributed by atoms with van der Waals surface area (Å²) in [6.45, 7) is 8.65. The molecule has 250 valence electrons. The van der Waals surface area contributed by atoms with Gasteiger partial charge in [-0.3, -0.25) is 4.98 Å². The van der Waals surface area contributed by atoms with Crippen molar-refractivity contribution in [3.63, 3.8) is 0 Å². The summed E-state index contributed by atoms with van der Waals surface area (Å²) in [5.74, 6) is 0.